The molecule has 2 heterocycles. The number of hydrogen-bond acceptors (Lipinski definition) is 6. The number of anilines is 1. The SMILES string of the molecule is COc1cc(OC)c2ncc(C#N)c(N3CCC(C(=O)O)C3)c2c1. The minimum absolute atomic E-state index is 0.364. The van der Waals surface area contributed by atoms with Crippen LogP contribution in [0.4, 0.5) is 5.69 Å². The Morgan fingerprint density at radius 3 is 2.79 bits per heavy atom. The number of fused-ring (bicyclic) bond motifs is 1. The molecule has 1 N–H and O–H groups in total. The normalized spacial score (nSPS) is 16.9. The lowest BCUT2D eigenvalue weighted by Crippen LogP contribution is -2.23. The Labute approximate surface area is 139 Å². The molecule has 1 aliphatic heterocycles. The molecule has 7 heteroatoms. The minimum Gasteiger partial charge on any atom is -0.497 e. The van der Waals surface area contributed by atoms with Crippen LogP contribution in [-0.4, -0.2) is 43.4 Å². The summed E-state index contributed by atoms with van der Waals surface area (Å²) in [7, 11) is 3.10. The average molecular weight is 327 g/mol. The Balaban J connectivity index is 2.21. The molecule has 1 atom stereocenters. The number of aliphatic carboxylic acids is 1. The molecular formula is C17H17N3O4. The van der Waals surface area contributed by atoms with Crippen molar-refractivity contribution < 1.29 is 19.4 Å². The summed E-state index contributed by atoms with van der Waals surface area (Å²) in [4.78, 5) is 17.5. The van der Waals surface area contributed by atoms with Gasteiger partial charge < -0.3 is 19.5 Å². The molecule has 0 spiro atoms. The van der Waals surface area contributed by atoms with Crippen LogP contribution in [-0.2, 0) is 4.79 Å². The fourth-order valence-corrected chi connectivity index (χ4v) is 3.09. The summed E-state index contributed by atoms with van der Waals surface area (Å²) in [6.45, 7) is 0.937. The highest BCUT2D eigenvalue weighted by Crippen LogP contribution is 2.39. The zero-order valence-electron chi connectivity index (χ0n) is 13.4. The van der Waals surface area contributed by atoms with Crippen LogP contribution in [0, 0.1) is 17.2 Å². The van der Waals surface area contributed by atoms with Crippen LogP contribution in [0.25, 0.3) is 10.9 Å². The predicted octanol–water partition coefficient (Wildman–Crippen LogP) is 2.03. The van der Waals surface area contributed by atoms with E-state index in [1.165, 1.54) is 6.20 Å². The van der Waals surface area contributed by atoms with Crippen molar-refractivity contribution in [1.29, 1.82) is 5.26 Å². The van der Waals surface area contributed by atoms with E-state index in [1.807, 2.05) is 4.90 Å². The largest absolute Gasteiger partial charge is 0.497 e. The highest BCUT2D eigenvalue weighted by Gasteiger charge is 2.30. The number of hydrogen-bond donors (Lipinski definition) is 1. The van der Waals surface area contributed by atoms with Gasteiger partial charge in [-0.15, -0.1) is 0 Å². The van der Waals surface area contributed by atoms with Crippen LogP contribution in [0.1, 0.15) is 12.0 Å². The predicted molar refractivity (Wildman–Crippen MR) is 87.5 cm³/mol. The fourth-order valence-electron chi connectivity index (χ4n) is 3.09. The number of nitriles is 1. The lowest BCUT2D eigenvalue weighted by atomic mass is 10.1. The van der Waals surface area contributed by atoms with Crippen LogP contribution in [0.3, 0.4) is 0 Å². The van der Waals surface area contributed by atoms with Crippen molar-refractivity contribution >= 4 is 22.6 Å². The second-order valence-corrected chi connectivity index (χ2v) is 5.63. The molecule has 3 rings (SSSR count). The van der Waals surface area contributed by atoms with Crippen LogP contribution >= 0.6 is 0 Å². The molecule has 0 aliphatic carbocycles. The highest BCUT2D eigenvalue weighted by molar-refractivity contribution is 5.99. The third kappa shape index (κ3) is 2.56. The minimum atomic E-state index is -0.815. The van der Waals surface area contributed by atoms with E-state index < -0.39 is 11.9 Å². The molecule has 0 bridgehead atoms. The van der Waals surface area contributed by atoms with E-state index in [-0.39, 0.29) is 0 Å². The van der Waals surface area contributed by atoms with Gasteiger partial charge in [0, 0.05) is 30.7 Å². The first-order valence-electron chi connectivity index (χ1n) is 7.51. The third-order valence-corrected chi connectivity index (χ3v) is 4.31. The first kappa shape index (κ1) is 15.9. The van der Waals surface area contributed by atoms with Gasteiger partial charge in [0.05, 0.1) is 31.4 Å². The van der Waals surface area contributed by atoms with E-state index in [2.05, 4.69) is 11.1 Å². The summed E-state index contributed by atoms with van der Waals surface area (Å²) in [5.41, 5.74) is 1.71. The zero-order chi connectivity index (χ0) is 17.3. The molecule has 1 saturated heterocycles. The molecule has 7 nitrogen and oxygen atoms in total. The second-order valence-electron chi connectivity index (χ2n) is 5.63. The van der Waals surface area contributed by atoms with E-state index in [1.54, 1.807) is 26.4 Å². The number of pyridine rings is 1. The lowest BCUT2D eigenvalue weighted by molar-refractivity contribution is -0.140. The second kappa shape index (κ2) is 6.24. The number of benzene rings is 1. The number of rotatable bonds is 4. The standard InChI is InChI=1S/C17H17N3O4/c1-23-12-5-13-15(14(6-12)24-2)19-8-11(7-18)16(13)20-4-3-10(9-20)17(21)22/h5-6,8,10H,3-4,9H2,1-2H3,(H,21,22). The van der Waals surface area contributed by atoms with E-state index in [0.717, 1.165) is 5.39 Å². The molecule has 1 fully saturated rings. The van der Waals surface area contributed by atoms with Crippen molar-refractivity contribution in [3.05, 3.63) is 23.9 Å². The molecule has 2 aromatic rings. The molecule has 24 heavy (non-hydrogen) atoms. The van der Waals surface area contributed by atoms with Crippen LogP contribution in [0.15, 0.2) is 18.3 Å². The van der Waals surface area contributed by atoms with Gasteiger partial charge in [-0.1, -0.05) is 0 Å². The molecule has 0 saturated carbocycles. The maximum Gasteiger partial charge on any atom is 0.308 e. The molecule has 124 valence electrons. The molecular weight excluding hydrogens is 310 g/mol. The first-order chi connectivity index (χ1) is 11.6. The van der Waals surface area contributed by atoms with Gasteiger partial charge in [0.25, 0.3) is 0 Å². The van der Waals surface area contributed by atoms with Crippen LogP contribution in [0.2, 0.25) is 0 Å². The van der Waals surface area contributed by atoms with Gasteiger partial charge in [-0.2, -0.15) is 5.26 Å². The van der Waals surface area contributed by atoms with Crippen molar-refractivity contribution in [2.45, 2.75) is 6.42 Å². The number of carboxylic acid groups (broad SMARTS) is 1. The quantitative estimate of drug-likeness (QED) is 0.918. The summed E-state index contributed by atoms with van der Waals surface area (Å²) in [5.74, 6) is -0.118. The average Bonchev–Trinajstić information content (AvgIpc) is 3.09. The summed E-state index contributed by atoms with van der Waals surface area (Å²) in [6, 6.07) is 5.68. The summed E-state index contributed by atoms with van der Waals surface area (Å²) in [6.07, 6.45) is 2.05. The number of ether oxygens (including phenoxy) is 2. The van der Waals surface area contributed by atoms with Crippen LogP contribution < -0.4 is 14.4 Å². The Bertz CT molecular complexity index is 844. The van der Waals surface area contributed by atoms with Gasteiger partial charge in [0.15, 0.2) is 0 Å². The highest BCUT2D eigenvalue weighted by atomic mass is 16.5. The molecule has 0 amide bonds. The van der Waals surface area contributed by atoms with E-state index in [9.17, 15) is 15.2 Å². The number of aromatic nitrogens is 1. The number of nitrogens with zero attached hydrogens (tertiary/aromatic N) is 3. The van der Waals surface area contributed by atoms with E-state index in [0.29, 0.717) is 47.8 Å². The lowest BCUT2D eigenvalue weighted by Gasteiger charge is -2.22. The van der Waals surface area contributed by atoms with Crippen molar-refractivity contribution in [2.75, 3.05) is 32.2 Å². The zero-order valence-corrected chi connectivity index (χ0v) is 13.4. The number of carbonyl (C=O) groups is 1. The molecule has 1 aromatic heterocycles. The monoisotopic (exact) mass is 327 g/mol. The Morgan fingerprint density at radius 1 is 1.42 bits per heavy atom. The maximum atomic E-state index is 11.3. The maximum absolute atomic E-state index is 11.3. The summed E-state index contributed by atoms with van der Waals surface area (Å²) in [5, 5.41) is 19.4. The molecule has 1 aromatic carbocycles. The Hall–Kier alpha value is -3.01. The number of carboxylic acids is 1. The van der Waals surface area contributed by atoms with Crippen molar-refractivity contribution in [1.82, 2.24) is 4.98 Å². The first-order valence-corrected chi connectivity index (χ1v) is 7.51. The summed E-state index contributed by atoms with van der Waals surface area (Å²) < 4.78 is 10.7. The molecule has 1 unspecified atom stereocenters. The molecule has 0 radical (unpaired) electrons. The van der Waals surface area contributed by atoms with Crippen LogP contribution in [0.5, 0.6) is 11.5 Å². The Morgan fingerprint density at radius 2 is 2.21 bits per heavy atom. The van der Waals surface area contributed by atoms with Crippen molar-refractivity contribution in [3.8, 4) is 17.6 Å². The summed E-state index contributed by atoms with van der Waals surface area (Å²) >= 11 is 0. The number of methoxy groups -OCH3 is 2. The van der Waals surface area contributed by atoms with Gasteiger partial charge in [-0.25, -0.2) is 0 Å². The van der Waals surface area contributed by atoms with E-state index in [4.69, 9.17) is 9.47 Å². The van der Waals surface area contributed by atoms with Crippen molar-refractivity contribution in [2.24, 2.45) is 5.92 Å². The Kier molecular flexibility index (Phi) is 4.13. The molecule has 1 aliphatic rings. The third-order valence-electron chi connectivity index (χ3n) is 4.31. The topological polar surface area (TPSA) is 95.7 Å². The smallest absolute Gasteiger partial charge is 0.308 e. The van der Waals surface area contributed by atoms with E-state index >= 15 is 0 Å². The van der Waals surface area contributed by atoms with Gasteiger partial charge >= 0.3 is 5.97 Å². The van der Waals surface area contributed by atoms with Gasteiger partial charge in [0.2, 0.25) is 0 Å². The fraction of sp³-hybridized carbons (Fsp3) is 0.353. The van der Waals surface area contributed by atoms with Gasteiger partial charge in [-0.3, -0.25) is 9.78 Å². The van der Waals surface area contributed by atoms with Crippen molar-refractivity contribution in [3.63, 3.8) is 0 Å². The van der Waals surface area contributed by atoms with Gasteiger partial charge in [0.1, 0.15) is 23.1 Å². The van der Waals surface area contributed by atoms with Gasteiger partial charge in [-0.05, 0) is 12.5 Å².